The van der Waals surface area contributed by atoms with Crippen LogP contribution >= 0.6 is 34.8 Å². The summed E-state index contributed by atoms with van der Waals surface area (Å²) in [5.41, 5.74) is 0.379. The third kappa shape index (κ3) is 3.98. The summed E-state index contributed by atoms with van der Waals surface area (Å²) in [7, 11) is 1.77. The zero-order chi connectivity index (χ0) is 13.0. The van der Waals surface area contributed by atoms with Gasteiger partial charge < -0.3 is 15.5 Å². The summed E-state index contributed by atoms with van der Waals surface area (Å²) in [6.07, 6.45) is -1.57. The number of rotatable bonds is 5. The first-order valence-electron chi connectivity index (χ1n) is 5.12. The molecule has 3 N–H and O–H groups in total. The Labute approximate surface area is 115 Å². The van der Waals surface area contributed by atoms with Crippen LogP contribution in [0.3, 0.4) is 0 Å². The highest BCUT2D eigenvalue weighted by Gasteiger charge is 2.21. The fourth-order valence-electron chi connectivity index (χ4n) is 1.42. The SMILES string of the molecule is CNCCC(O)C(O)c1cc(Cl)c(Cl)cc1Cl. The van der Waals surface area contributed by atoms with Gasteiger partial charge >= 0.3 is 0 Å². The molecule has 1 aromatic rings. The van der Waals surface area contributed by atoms with Gasteiger partial charge in [0.05, 0.1) is 16.1 Å². The van der Waals surface area contributed by atoms with Gasteiger partial charge in [-0.25, -0.2) is 0 Å². The minimum atomic E-state index is -1.08. The molecule has 0 bridgehead atoms. The molecule has 2 atom stereocenters. The highest BCUT2D eigenvalue weighted by Crippen LogP contribution is 2.33. The van der Waals surface area contributed by atoms with Crippen LogP contribution in [-0.2, 0) is 0 Å². The van der Waals surface area contributed by atoms with E-state index in [9.17, 15) is 10.2 Å². The number of halogens is 3. The van der Waals surface area contributed by atoms with Gasteiger partial charge in [-0.3, -0.25) is 0 Å². The molecule has 17 heavy (non-hydrogen) atoms. The first kappa shape index (κ1) is 15.0. The van der Waals surface area contributed by atoms with Gasteiger partial charge in [-0.15, -0.1) is 0 Å². The molecule has 0 amide bonds. The molecule has 96 valence electrons. The zero-order valence-corrected chi connectivity index (χ0v) is 11.5. The smallest absolute Gasteiger partial charge is 0.106 e. The van der Waals surface area contributed by atoms with Crippen LogP contribution in [0.2, 0.25) is 15.1 Å². The second-order valence-electron chi connectivity index (χ2n) is 3.69. The highest BCUT2D eigenvalue weighted by molar-refractivity contribution is 6.43. The summed E-state index contributed by atoms with van der Waals surface area (Å²) in [6, 6.07) is 2.92. The van der Waals surface area contributed by atoms with E-state index in [0.29, 0.717) is 28.6 Å². The lowest BCUT2D eigenvalue weighted by Gasteiger charge is -2.19. The van der Waals surface area contributed by atoms with Crippen molar-refractivity contribution in [1.29, 1.82) is 0 Å². The number of aliphatic hydroxyl groups is 2. The number of hydrogen-bond acceptors (Lipinski definition) is 3. The van der Waals surface area contributed by atoms with Gasteiger partial charge in [0.1, 0.15) is 6.10 Å². The number of hydrogen-bond donors (Lipinski definition) is 3. The molecule has 1 rings (SSSR count). The molecule has 0 saturated carbocycles. The lowest BCUT2D eigenvalue weighted by molar-refractivity contribution is 0.0141. The second kappa shape index (κ2) is 6.78. The van der Waals surface area contributed by atoms with Gasteiger partial charge in [-0.1, -0.05) is 34.8 Å². The average Bonchev–Trinajstić information content (AvgIpc) is 2.29. The zero-order valence-electron chi connectivity index (χ0n) is 9.25. The fourth-order valence-corrected chi connectivity index (χ4v) is 2.09. The maximum absolute atomic E-state index is 9.95. The molecule has 3 nitrogen and oxygen atoms in total. The minimum absolute atomic E-state index is 0.287. The molecule has 0 aliphatic rings. The van der Waals surface area contributed by atoms with Crippen molar-refractivity contribution in [2.75, 3.05) is 13.6 Å². The van der Waals surface area contributed by atoms with E-state index in [1.165, 1.54) is 12.1 Å². The Hall–Kier alpha value is -0.0300. The van der Waals surface area contributed by atoms with Crippen LogP contribution < -0.4 is 5.32 Å². The van der Waals surface area contributed by atoms with E-state index in [0.717, 1.165) is 0 Å². The summed E-state index contributed by atoms with van der Waals surface area (Å²) in [5, 5.41) is 23.5. The summed E-state index contributed by atoms with van der Waals surface area (Å²) < 4.78 is 0. The minimum Gasteiger partial charge on any atom is -0.390 e. The van der Waals surface area contributed by atoms with Gasteiger partial charge in [0, 0.05) is 10.6 Å². The summed E-state index contributed by atoms with van der Waals surface area (Å²) in [4.78, 5) is 0. The molecule has 0 aliphatic carbocycles. The summed E-state index contributed by atoms with van der Waals surface area (Å²) in [5.74, 6) is 0. The molecular formula is C11H14Cl3NO2. The molecule has 0 aliphatic heterocycles. The second-order valence-corrected chi connectivity index (χ2v) is 4.91. The van der Waals surface area contributed by atoms with Crippen LogP contribution in [0.25, 0.3) is 0 Å². The van der Waals surface area contributed by atoms with Crippen LogP contribution in [0, 0.1) is 0 Å². The quantitative estimate of drug-likeness (QED) is 0.733. The van der Waals surface area contributed by atoms with Crippen molar-refractivity contribution in [3.8, 4) is 0 Å². The van der Waals surface area contributed by atoms with E-state index >= 15 is 0 Å². The van der Waals surface area contributed by atoms with Gasteiger partial charge in [0.25, 0.3) is 0 Å². The Balaban J connectivity index is 2.88. The standard InChI is InChI=1S/C11H14Cl3NO2/c1-15-3-2-10(16)11(17)6-4-8(13)9(14)5-7(6)12/h4-5,10-11,15-17H,2-3H2,1H3. The molecule has 6 heteroatoms. The maximum Gasteiger partial charge on any atom is 0.106 e. The van der Waals surface area contributed by atoms with Crippen LogP contribution in [0.1, 0.15) is 18.1 Å². The predicted molar refractivity (Wildman–Crippen MR) is 71.0 cm³/mol. The van der Waals surface area contributed by atoms with Crippen molar-refractivity contribution in [1.82, 2.24) is 5.32 Å². The number of benzene rings is 1. The molecule has 0 radical (unpaired) electrons. The first-order valence-corrected chi connectivity index (χ1v) is 6.26. The molecular weight excluding hydrogens is 284 g/mol. The third-order valence-corrected chi connectivity index (χ3v) is 3.46. The monoisotopic (exact) mass is 297 g/mol. The predicted octanol–water partition coefficient (Wildman–Crippen LogP) is 2.65. The lowest BCUT2D eigenvalue weighted by atomic mass is 10.0. The Morgan fingerprint density at radius 1 is 1.12 bits per heavy atom. The van der Waals surface area contributed by atoms with Gasteiger partial charge in [-0.2, -0.15) is 0 Å². The van der Waals surface area contributed by atoms with Crippen LogP contribution in [0.5, 0.6) is 0 Å². The van der Waals surface area contributed by atoms with Crippen LogP contribution in [0.4, 0.5) is 0 Å². The van der Waals surface area contributed by atoms with Gasteiger partial charge in [0.2, 0.25) is 0 Å². The van der Waals surface area contributed by atoms with Crippen LogP contribution in [-0.4, -0.2) is 29.9 Å². The number of aliphatic hydroxyl groups excluding tert-OH is 2. The maximum atomic E-state index is 9.95. The van der Waals surface area contributed by atoms with Crippen molar-refractivity contribution in [3.05, 3.63) is 32.8 Å². The summed E-state index contributed by atoms with van der Waals surface area (Å²) >= 11 is 17.6. The topological polar surface area (TPSA) is 52.5 Å². The molecule has 0 heterocycles. The van der Waals surface area contributed by atoms with Gasteiger partial charge in [0.15, 0.2) is 0 Å². The molecule has 0 aromatic heterocycles. The molecule has 0 saturated heterocycles. The van der Waals surface area contributed by atoms with E-state index in [-0.39, 0.29) is 5.02 Å². The Morgan fingerprint density at radius 3 is 2.29 bits per heavy atom. The van der Waals surface area contributed by atoms with Gasteiger partial charge in [-0.05, 0) is 32.1 Å². The van der Waals surface area contributed by atoms with Crippen molar-refractivity contribution in [3.63, 3.8) is 0 Å². The Morgan fingerprint density at radius 2 is 1.71 bits per heavy atom. The van der Waals surface area contributed by atoms with Crippen molar-refractivity contribution in [2.24, 2.45) is 0 Å². The number of nitrogens with one attached hydrogen (secondary N) is 1. The normalized spacial score (nSPS) is 14.7. The largest absolute Gasteiger partial charge is 0.390 e. The molecule has 0 fully saturated rings. The highest BCUT2D eigenvalue weighted by atomic mass is 35.5. The van der Waals surface area contributed by atoms with E-state index in [4.69, 9.17) is 34.8 Å². The molecule has 2 unspecified atom stereocenters. The van der Waals surface area contributed by atoms with E-state index in [2.05, 4.69) is 5.32 Å². The average molecular weight is 299 g/mol. The van der Waals surface area contributed by atoms with E-state index in [1.807, 2.05) is 0 Å². The Kier molecular flexibility index (Phi) is 6.00. The van der Waals surface area contributed by atoms with E-state index < -0.39 is 12.2 Å². The third-order valence-electron chi connectivity index (χ3n) is 2.41. The Bertz CT molecular complexity index is 387. The van der Waals surface area contributed by atoms with E-state index in [1.54, 1.807) is 7.05 Å². The fraction of sp³-hybridized carbons (Fsp3) is 0.455. The van der Waals surface area contributed by atoms with Crippen molar-refractivity contribution in [2.45, 2.75) is 18.6 Å². The first-order chi connectivity index (χ1) is 7.97. The molecule has 1 aromatic carbocycles. The summed E-state index contributed by atoms with van der Waals surface area (Å²) in [6.45, 7) is 0.594. The van der Waals surface area contributed by atoms with Crippen LogP contribution in [0.15, 0.2) is 12.1 Å². The van der Waals surface area contributed by atoms with Crippen molar-refractivity contribution >= 4 is 34.8 Å². The van der Waals surface area contributed by atoms with Crippen molar-refractivity contribution < 1.29 is 10.2 Å². The lowest BCUT2D eigenvalue weighted by Crippen LogP contribution is -2.23. The molecule has 0 spiro atoms.